The average molecular weight is 307 g/mol. The van der Waals surface area contributed by atoms with Crippen LogP contribution in [0.4, 0.5) is 0 Å². The first kappa shape index (κ1) is 15.1. The molecule has 0 atom stereocenters. The van der Waals surface area contributed by atoms with E-state index in [4.69, 9.17) is 17.0 Å². The molecule has 0 aliphatic carbocycles. The largest absolute Gasteiger partial charge is 0.493 e. The Kier molecular flexibility index (Phi) is 4.83. The molecule has 1 amide bonds. The second-order valence-electron chi connectivity index (χ2n) is 4.98. The lowest BCUT2D eigenvalue weighted by atomic mass is 10.1. The highest BCUT2D eigenvalue weighted by Crippen LogP contribution is 2.33. The van der Waals surface area contributed by atoms with E-state index in [2.05, 4.69) is 13.8 Å². The van der Waals surface area contributed by atoms with Crippen molar-refractivity contribution in [2.45, 2.75) is 13.8 Å². The number of para-hydroxylation sites is 1. The third-order valence-electron chi connectivity index (χ3n) is 2.76. The van der Waals surface area contributed by atoms with E-state index in [1.807, 2.05) is 30.3 Å². The van der Waals surface area contributed by atoms with Crippen LogP contribution in [0.25, 0.3) is 6.08 Å². The van der Waals surface area contributed by atoms with Crippen molar-refractivity contribution in [3.8, 4) is 5.75 Å². The number of ether oxygens (including phenoxy) is 1. The fourth-order valence-corrected chi connectivity index (χ4v) is 2.84. The van der Waals surface area contributed by atoms with Gasteiger partial charge in [-0.25, -0.2) is 0 Å². The van der Waals surface area contributed by atoms with Gasteiger partial charge in [-0.15, -0.1) is 0 Å². The smallest absolute Gasteiger partial charge is 0.265 e. The first-order valence-electron chi connectivity index (χ1n) is 6.42. The molecule has 0 N–H and O–H groups in total. The van der Waals surface area contributed by atoms with Gasteiger partial charge in [0.2, 0.25) is 0 Å². The van der Waals surface area contributed by atoms with E-state index in [-0.39, 0.29) is 5.91 Å². The summed E-state index contributed by atoms with van der Waals surface area (Å²) >= 11 is 6.45. The van der Waals surface area contributed by atoms with Gasteiger partial charge in [-0.2, -0.15) is 0 Å². The highest BCUT2D eigenvalue weighted by atomic mass is 32.2. The lowest BCUT2D eigenvalue weighted by Gasteiger charge is -2.11. The Balaban J connectivity index is 2.25. The molecule has 106 valence electrons. The van der Waals surface area contributed by atoms with Gasteiger partial charge < -0.3 is 4.74 Å². The Morgan fingerprint density at radius 1 is 1.40 bits per heavy atom. The average Bonchev–Trinajstić information content (AvgIpc) is 2.65. The molecule has 3 nitrogen and oxygen atoms in total. The molecule has 1 heterocycles. The monoisotopic (exact) mass is 307 g/mol. The van der Waals surface area contributed by atoms with E-state index in [9.17, 15) is 4.79 Å². The van der Waals surface area contributed by atoms with E-state index >= 15 is 0 Å². The normalized spacial score (nSPS) is 17.4. The Bertz CT molecular complexity index is 567. The van der Waals surface area contributed by atoms with Gasteiger partial charge in [0, 0.05) is 12.6 Å². The second-order valence-corrected chi connectivity index (χ2v) is 6.66. The molecule has 1 aromatic rings. The van der Waals surface area contributed by atoms with Gasteiger partial charge in [-0.1, -0.05) is 56.0 Å². The zero-order valence-electron chi connectivity index (χ0n) is 11.8. The van der Waals surface area contributed by atoms with Crippen LogP contribution in [-0.2, 0) is 4.79 Å². The van der Waals surface area contributed by atoms with E-state index < -0.39 is 0 Å². The molecule has 1 fully saturated rings. The molecule has 2 rings (SSSR count). The highest BCUT2D eigenvalue weighted by Gasteiger charge is 2.28. The van der Waals surface area contributed by atoms with Gasteiger partial charge in [0.15, 0.2) is 0 Å². The third-order valence-corrected chi connectivity index (χ3v) is 4.25. The van der Waals surface area contributed by atoms with Crippen LogP contribution in [0, 0.1) is 5.92 Å². The molecule has 1 aliphatic heterocycles. The summed E-state index contributed by atoms with van der Waals surface area (Å²) < 4.78 is 6.37. The fourth-order valence-electron chi connectivity index (χ4n) is 1.67. The van der Waals surface area contributed by atoms with Crippen molar-refractivity contribution in [2.24, 2.45) is 5.92 Å². The first-order chi connectivity index (χ1) is 9.49. The predicted molar refractivity (Wildman–Crippen MR) is 87.7 cm³/mol. The standard InChI is InChI=1S/C15H17NO2S2/c1-10(2)9-18-12-7-5-4-6-11(12)8-13-14(17)16(3)15(19)20-13/h4-8,10H,9H2,1-3H3/b13-8-. The maximum atomic E-state index is 12.0. The van der Waals surface area contributed by atoms with Gasteiger partial charge >= 0.3 is 0 Å². The van der Waals surface area contributed by atoms with Crippen LogP contribution in [0.1, 0.15) is 19.4 Å². The number of thiocarbonyl (C=S) groups is 1. The summed E-state index contributed by atoms with van der Waals surface area (Å²) in [6.45, 7) is 4.86. The van der Waals surface area contributed by atoms with E-state index in [1.165, 1.54) is 16.7 Å². The molecule has 0 radical (unpaired) electrons. The zero-order valence-corrected chi connectivity index (χ0v) is 13.4. The van der Waals surface area contributed by atoms with Gasteiger partial charge in [-0.3, -0.25) is 9.69 Å². The zero-order chi connectivity index (χ0) is 14.7. The van der Waals surface area contributed by atoms with Crippen LogP contribution in [-0.4, -0.2) is 28.8 Å². The number of hydrogen-bond acceptors (Lipinski definition) is 4. The number of rotatable bonds is 4. The van der Waals surface area contributed by atoms with Crippen molar-refractivity contribution in [1.82, 2.24) is 4.90 Å². The van der Waals surface area contributed by atoms with Gasteiger partial charge in [0.25, 0.3) is 5.91 Å². The quantitative estimate of drug-likeness (QED) is 0.628. The summed E-state index contributed by atoms with van der Waals surface area (Å²) in [6.07, 6.45) is 1.85. The SMILES string of the molecule is CC(C)COc1ccccc1/C=C1\SC(=S)N(C)C1=O. The van der Waals surface area contributed by atoms with Crippen molar-refractivity contribution >= 4 is 40.3 Å². The highest BCUT2D eigenvalue weighted by molar-refractivity contribution is 8.26. The Morgan fingerprint density at radius 2 is 2.10 bits per heavy atom. The number of hydrogen-bond donors (Lipinski definition) is 0. The Morgan fingerprint density at radius 3 is 2.70 bits per heavy atom. The first-order valence-corrected chi connectivity index (χ1v) is 7.65. The van der Waals surface area contributed by atoms with Crippen molar-refractivity contribution < 1.29 is 9.53 Å². The molecule has 1 saturated heterocycles. The Hall–Kier alpha value is -1.33. The number of amides is 1. The predicted octanol–water partition coefficient (Wildman–Crippen LogP) is 3.55. The van der Waals surface area contributed by atoms with Crippen LogP contribution in [0.5, 0.6) is 5.75 Å². The van der Waals surface area contributed by atoms with E-state index in [1.54, 1.807) is 7.05 Å². The van der Waals surface area contributed by atoms with Gasteiger partial charge in [-0.05, 0) is 18.1 Å². The molecule has 0 aromatic heterocycles. The summed E-state index contributed by atoms with van der Waals surface area (Å²) in [5.41, 5.74) is 0.905. The number of thioether (sulfide) groups is 1. The van der Waals surface area contributed by atoms with Crippen molar-refractivity contribution in [3.05, 3.63) is 34.7 Å². The van der Waals surface area contributed by atoms with Crippen molar-refractivity contribution in [3.63, 3.8) is 0 Å². The van der Waals surface area contributed by atoms with Crippen LogP contribution >= 0.6 is 24.0 Å². The van der Waals surface area contributed by atoms with Crippen LogP contribution in [0.3, 0.4) is 0 Å². The fraction of sp³-hybridized carbons (Fsp3) is 0.333. The molecule has 0 bridgehead atoms. The molecule has 1 aliphatic rings. The topological polar surface area (TPSA) is 29.5 Å². The molecule has 0 unspecified atom stereocenters. The second kappa shape index (κ2) is 6.41. The molecule has 1 aromatic carbocycles. The summed E-state index contributed by atoms with van der Waals surface area (Å²) in [4.78, 5) is 14.1. The minimum Gasteiger partial charge on any atom is -0.493 e. The molecule has 0 saturated carbocycles. The maximum Gasteiger partial charge on any atom is 0.265 e. The van der Waals surface area contributed by atoms with Crippen molar-refractivity contribution in [2.75, 3.05) is 13.7 Å². The summed E-state index contributed by atoms with van der Waals surface area (Å²) in [6, 6.07) is 7.72. The van der Waals surface area contributed by atoms with Crippen LogP contribution < -0.4 is 4.74 Å². The number of carbonyl (C=O) groups excluding carboxylic acids is 1. The molecule has 0 spiro atoms. The van der Waals surface area contributed by atoms with Crippen LogP contribution in [0.2, 0.25) is 0 Å². The number of carbonyl (C=O) groups is 1. The Labute approximate surface area is 129 Å². The summed E-state index contributed by atoms with van der Waals surface area (Å²) in [5, 5.41) is 0. The minimum absolute atomic E-state index is 0.0568. The molecule has 5 heteroatoms. The number of benzene rings is 1. The molecule has 20 heavy (non-hydrogen) atoms. The molecular formula is C15H17NO2S2. The maximum absolute atomic E-state index is 12.0. The third kappa shape index (κ3) is 3.41. The van der Waals surface area contributed by atoms with E-state index in [0.29, 0.717) is 21.8 Å². The minimum atomic E-state index is -0.0568. The molecular weight excluding hydrogens is 290 g/mol. The number of nitrogens with zero attached hydrogens (tertiary/aromatic N) is 1. The number of likely N-dealkylation sites (N-methyl/N-ethyl adjacent to an activating group) is 1. The lowest BCUT2D eigenvalue weighted by Crippen LogP contribution is -2.22. The van der Waals surface area contributed by atoms with E-state index in [0.717, 1.165) is 11.3 Å². The van der Waals surface area contributed by atoms with Gasteiger partial charge in [0.1, 0.15) is 10.1 Å². The summed E-state index contributed by atoms with van der Waals surface area (Å²) in [5.74, 6) is 1.19. The van der Waals surface area contributed by atoms with Crippen LogP contribution in [0.15, 0.2) is 29.2 Å². The lowest BCUT2D eigenvalue weighted by molar-refractivity contribution is -0.121. The van der Waals surface area contributed by atoms with Gasteiger partial charge in [0.05, 0.1) is 11.5 Å². The van der Waals surface area contributed by atoms with Crippen molar-refractivity contribution in [1.29, 1.82) is 0 Å². The summed E-state index contributed by atoms with van der Waals surface area (Å²) in [7, 11) is 1.69.